The fourth-order valence-electron chi connectivity index (χ4n) is 4.64. The lowest BCUT2D eigenvalue weighted by molar-refractivity contribution is 1.61. The van der Waals surface area contributed by atoms with E-state index in [1.165, 1.54) is 54.9 Å². The fraction of sp³-hybridized carbons (Fsp3) is 0. The zero-order chi connectivity index (χ0) is 25.6. The molecule has 0 saturated carbocycles. The van der Waals surface area contributed by atoms with E-state index in [1.807, 2.05) is 0 Å². The Hall–Kier alpha value is -4.94. The summed E-state index contributed by atoms with van der Waals surface area (Å²) >= 11 is 0. The summed E-state index contributed by atoms with van der Waals surface area (Å²) < 4.78 is 0. The van der Waals surface area contributed by atoms with Crippen LogP contribution in [0.4, 0.5) is 0 Å². The summed E-state index contributed by atoms with van der Waals surface area (Å²) in [5.41, 5.74) is 7.18. The van der Waals surface area contributed by atoms with Crippen molar-refractivity contribution < 1.29 is 0 Å². The maximum absolute atomic E-state index is 2.23. The van der Waals surface area contributed by atoms with Crippen molar-refractivity contribution in [2.45, 2.75) is 0 Å². The maximum Gasteiger partial charge on any atom is -0.0178 e. The lowest BCUT2D eigenvalue weighted by Gasteiger charge is -2.01. The molecule has 0 atom stereocenters. The van der Waals surface area contributed by atoms with Gasteiger partial charge in [-0.3, -0.25) is 0 Å². The van der Waals surface area contributed by atoms with Gasteiger partial charge in [0.25, 0.3) is 0 Å². The normalized spacial score (nSPS) is 11.9. The van der Waals surface area contributed by atoms with Gasteiger partial charge in [0.15, 0.2) is 0 Å². The van der Waals surface area contributed by atoms with Crippen LogP contribution >= 0.6 is 0 Å². The SMILES string of the molecule is C(=C\c1ccc(/C=C/c2ccc3ccccc3c2)cc1)/c1ccc(/C=C/c2ccc3ccccc3c2)cc1. The molecule has 0 saturated heterocycles. The molecule has 0 aromatic heterocycles. The molecular weight excluding hydrogens is 456 g/mol. The monoisotopic (exact) mass is 484 g/mol. The van der Waals surface area contributed by atoms with Gasteiger partial charge in [-0.15, -0.1) is 0 Å². The minimum Gasteiger partial charge on any atom is -0.0616 e. The van der Waals surface area contributed by atoms with Crippen molar-refractivity contribution in [1.82, 2.24) is 0 Å². The van der Waals surface area contributed by atoms with Gasteiger partial charge in [-0.25, -0.2) is 0 Å². The Labute approximate surface area is 224 Å². The van der Waals surface area contributed by atoms with E-state index in [0.717, 1.165) is 0 Å². The van der Waals surface area contributed by atoms with Crippen molar-refractivity contribution in [3.8, 4) is 0 Å². The third-order valence-electron chi connectivity index (χ3n) is 6.82. The van der Waals surface area contributed by atoms with Crippen LogP contribution in [0.3, 0.4) is 0 Å². The van der Waals surface area contributed by atoms with Crippen LogP contribution in [0.5, 0.6) is 0 Å². The van der Waals surface area contributed by atoms with Gasteiger partial charge >= 0.3 is 0 Å². The number of fused-ring (bicyclic) bond motifs is 2. The topological polar surface area (TPSA) is 0 Å². The molecule has 0 aliphatic heterocycles. The van der Waals surface area contributed by atoms with Gasteiger partial charge in [0.05, 0.1) is 0 Å². The molecule has 0 heteroatoms. The molecule has 0 fully saturated rings. The number of benzene rings is 6. The Morgan fingerprint density at radius 1 is 0.237 bits per heavy atom. The largest absolute Gasteiger partial charge is 0.0616 e. The second-order valence-electron chi connectivity index (χ2n) is 9.55. The highest BCUT2D eigenvalue weighted by Gasteiger charge is 1.96. The Morgan fingerprint density at radius 2 is 0.500 bits per heavy atom. The number of hydrogen-bond acceptors (Lipinski definition) is 0. The second-order valence-corrected chi connectivity index (χ2v) is 9.55. The van der Waals surface area contributed by atoms with E-state index in [1.54, 1.807) is 0 Å². The van der Waals surface area contributed by atoms with Crippen LogP contribution in [-0.2, 0) is 0 Å². The summed E-state index contributed by atoms with van der Waals surface area (Å²) in [4.78, 5) is 0. The van der Waals surface area contributed by atoms with Crippen molar-refractivity contribution in [2.24, 2.45) is 0 Å². The van der Waals surface area contributed by atoms with Gasteiger partial charge < -0.3 is 0 Å². The lowest BCUT2D eigenvalue weighted by Crippen LogP contribution is -1.78. The molecule has 0 amide bonds. The van der Waals surface area contributed by atoms with E-state index in [0.29, 0.717) is 0 Å². The minimum absolute atomic E-state index is 1.19. The average Bonchev–Trinajstić information content (AvgIpc) is 2.99. The average molecular weight is 485 g/mol. The van der Waals surface area contributed by atoms with Crippen LogP contribution in [-0.4, -0.2) is 0 Å². The van der Waals surface area contributed by atoms with Crippen molar-refractivity contribution in [1.29, 1.82) is 0 Å². The van der Waals surface area contributed by atoms with Gasteiger partial charge in [0.2, 0.25) is 0 Å². The predicted molar refractivity (Wildman–Crippen MR) is 168 cm³/mol. The zero-order valence-corrected chi connectivity index (χ0v) is 21.2. The zero-order valence-electron chi connectivity index (χ0n) is 21.2. The first-order valence-electron chi connectivity index (χ1n) is 13.0. The maximum atomic E-state index is 2.23. The Kier molecular flexibility index (Phi) is 6.78. The van der Waals surface area contributed by atoms with E-state index >= 15 is 0 Å². The molecule has 0 aliphatic carbocycles. The molecule has 6 aromatic rings. The third-order valence-corrected chi connectivity index (χ3v) is 6.82. The fourth-order valence-corrected chi connectivity index (χ4v) is 4.64. The van der Waals surface area contributed by atoms with E-state index in [4.69, 9.17) is 0 Å². The summed E-state index contributed by atoms with van der Waals surface area (Å²) in [7, 11) is 0. The summed E-state index contributed by atoms with van der Waals surface area (Å²) in [6.07, 6.45) is 13.0. The summed E-state index contributed by atoms with van der Waals surface area (Å²) in [5.74, 6) is 0. The van der Waals surface area contributed by atoms with Crippen LogP contribution in [0.1, 0.15) is 33.4 Å². The van der Waals surface area contributed by atoms with Crippen LogP contribution in [0.2, 0.25) is 0 Å². The first-order valence-corrected chi connectivity index (χ1v) is 13.0. The highest BCUT2D eigenvalue weighted by molar-refractivity contribution is 5.87. The molecule has 0 radical (unpaired) electrons. The molecule has 0 N–H and O–H groups in total. The van der Waals surface area contributed by atoms with Crippen molar-refractivity contribution in [2.75, 3.05) is 0 Å². The van der Waals surface area contributed by atoms with E-state index < -0.39 is 0 Å². The van der Waals surface area contributed by atoms with Crippen molar-refractivity contribution in [3.63, 3.8) is 0 Å². The van der Waals surface area contributed by atoms with E-state index in [9.17, 15) is 0 Å². The third kappa shape index (κ3) is 5.72. The van der Waals surface area contributed by atoms with Crippen LogP contribution in [0, 0.1) is 0 Å². The molecule has 0 unspecified atom stereocenters. The van der Waals surface area contributed by atoms with Gasteiger partial charge in [0.1, 0.15) is 0 Å². The quantitative estimate of drug-likeness (QED) is 0.206. The second kappa shape index (κ2) is 11.0. The standard InChI is InChI=1S/C38H28/c1-3-7-37-27-33(23-25-35(37)5-1)21-19-31-15-11-29(12-16-31)9-10-30-13-17-32(18-14-30)20-22-34-24-26-36-6-2-4-8-38(36)28-34/h1-28H/b10-9+,21-19+,22-20+. The molecule has 0 heterocycles. The molecule has 0 spiro atoms. The lowest BCUT2D eigenvalue weighted by atomic mass is 10.0. The van der Waals surface area contributed by atoms with Crippen molar-refractivity contribution >= 4 is 58.0 Å². The molecule has 6 rings (SSSR count). The summed E-state index contributed by atoms with van der Waals surface area (Å²) in [6.45, 7) is 0. The summed E-state index contributed by atoms with van der Waals surface area (Å²) in [6, 6.07) is 47.4. The minimum atomic E-state index is 1.19. The highest BCUT2D eigenvalue weighted by atomic mass is 14.0. The van der Waals surface area contributed by atoms with E-state index in [-0.39, 0.29) is 0 Å². The van der Waals surface area contributed by atoms with Gasteiger partial charge in [-0.05, 0) is 67.1 Å². The Morgan fingerprint density at radius 3 is 0.842 bits per heavy atom. The summed E-state index contributed by atoms with van der Waals surface area (Å²) in [5, 5.41) is 5.08. The molecule has 0 nitrogen and oxygen atoms in total. The van der Waals surface area contributed by atoms with Crippen LogP contribution in [0.25, 0.3) is 58.0 Å². The predicted octanol–water partition coefficient (Wildman–Crippen LogP) is 10.5. The molecule has 38 heavy (non-hydrogen) atoms. The van der Waals surface area contributed by atoms with Crippen LogP contribution in [0.15, 0.2) is 133 Å². The highest BCUT2D eigenvalue weighted by Crippen LogP contribution is 2.20. The van der Waals surface area contributed by atoms with Gasteiger partial charge in [-0.2, -0.15) is 0 Å². The van der Waals surface area contributed by atoms with E-state index in [2.05, 4.69) is 170 Å². The Bertz CT molecular complexity index is 1640. The van der Waals surface area contributed by atoms with Gasteiger partial charge in [0, 0.05) is 0 Å². The van der Waals surface area contributed by atoms with Gasteiger partial charge in [-0.1, -0.05) is 158 Å². The number of rotatable bonds is 6. The van der Waals surface area contributed by atoms with Crippen LogP contribution < -0.4 is 0 Å². The first kappa shape index (κ1) is 23.5. The van der Waals surface area contributed by atoms with Crippen molar-refractivity contribution in [3.05, 3.63) is 167 Å². The Balaban J connectivity index is 1.08. The molecule has 180 valence electrons. The number of hydrogen-bond donors (Lipinski definition) is 0. The molecule has 0 aliphatic rings. The smallest absolute Gasteiger partial charge is 0.0178 e. The molecule has 6 aromatic carbocycles. The molecular formula is C38H28. The first-order chi connectivity index (χ1) is 18.8. The molecule has 0 bridgehead atoms.